The number of nitrogens with zero attached hydrogens (tertiary/aromatic N) is 2. The van der Waals surface area contributed by atoms with Crippen molar-refractivity contribution in [2.24, 2.45) is 0 Å². The van der Waals surface area contributed by atoms with Crippen LogP contribution in [0.5, 0.6) is 23.0 Å². The first-order valence-corrected chi connectivity index (χ1v) is 9.52. The fraction of sp³-hybridized carbons (Fsp3) is 0.182. The Kier molecular flexibility index (Phi) is 6.99. The fourth-order valence-corrected chi connectivity index (χ4v) is 2.80. The number of benzene rings is 1. The molecule has 34 heavy (non-hydrogen) atoms. The Morgan fingerprint density at radius 1 is 1.03 bits per heavy atom. The first-order chi connectivity index (χ1) is 16.0. The summed E-state index contributed by atoms with van der Waals surface area (Å²) in [5.74, 6) is -3.48. The number of amides is 1. The van der Waals surface area contributed by atoms with Crippen LogP contribution in [0.2, 0.25) is 0 Å². The van der Waals surface area contributed by atoms with Crippen LogP contribution in [0.3, 0.4) is 0 Å². The third-order valence-corrected chi connectivity index (χ3v) is 4.39. The maximum atomic E-state index is 14.6. The normalized spacial score (nSPS) is 11.0. The predicted molar refractivity (Wildman–Crippen MR) is 111 cm³/mol. The SMILES string of the molecule is COc1cc(OC(F)(F)F)ccc1Oc1cncc(F)c1C(=O)Nc1cc(C(C)=O)ncc1C. The molecule has 178 valence electrons. The summed E-state index contributed by atoms with van der Waals surface area (Å²) in [6, 6.07) is 4.32. The summed E-state index contributed by atoms with van der Waals surface area (Å²) < 4.78 is 66.4. The van der Waals surface area contributed by atoms with Crippen LogP contribution >= 0.6 is 0 Å². The number of halogens is 4. The monoisotopic (exact) mass is 479 g/mol. The van der Waals surface area contributed by atoms with Crippen molar-refractivity contribution in [2.75, 3.05) is 12.4 Å². The summed E-state index contributed by atoms with van der Waals surface area (Å²) in [6.45, 7) is 2.93. The van der Waals surface area contributed by atoms with Gasteiger partial charge >= 0.3 is 6.36 Å². The molecule has 3 rings (SSSR count). The van der Waals surface area contributed by atoms with Gasteiger partial charge in [0.05, 0.1) is 19.5 Å². The molecule has 0 aliphatic rings. The van der Waals surface area contributed by atoms with Gasteiger partial charge in [-0.3, -0.25) is 19.6 Å². The van der Waals surface area contributed by atoms with E-state index >= 15 is 0 Å². The van der Waals surface area contributed by atoms with Crippen LogP contribution in [0.4, 0.5) is 23.2 Å². The van der Waals surface area contributed by atoms with Gasteiger partial charge in [-0.15, -0.1) is 13.2 Å². The second-order valence-corrected chi connectivity index (χ2v) is 6.85. The number of hydrogen-bond donors (Lipinski definition) is 1. The summed E-state index contributed by atoms with van der Waals surface area (Å²) in [6.07, 6.45) is -1.70. The predicted octanol–water partition coefficient (Wildman–Crippen LogP) is 5.08. The van der Waals surface area contributed by atoms with Crippen LogP contribution in [-0.4, -0.2) is 35.1 Å². The molecular formula is C22H17F4N3O5. The van der Waals surface area contributed by atoms with Crippen LogP contribution in [0.1, 0.15) is 33.3 Å². The Morgan fingerprint density at radius 3 is 2.41 bits per heavy atom. The number of anilines is 1. The fourth-order valence-electron chi connectivity index (χ4n) is 2.80. The molecule has 1 N–H and O–H groups in total. The standard InChI is InChI=1S/C22H17F4N3O5/c1-11-8-28-16(12(2)30)7-15(11)29-21(31)20-14(23)9-27-10-19(20)33-17-5-4-13(6-18(17)32-3)34-22(24,25)26/h4-10H,1-3H3,(H,28,29,31). The Bertz CT molecular complexity index is 1250. The van der Waals surface area contributed by atoms with Crippen LogP contribution in [0.15, 0.2) is 42.9 Å². The van der Waals surface area contributed by atoms with Crippen molar-refractivity contribution in [1.29, 1.82) is 0 Å². The van der Waals surface area contributed by atoms with Crippen LogP contribution in [0, 0.1) is 12.7 Å². The molecule has 0 saturated heterocycles. The first-order valence-electron chi connectivity index (χ1n) is 9.52. The highest BCUT2D eigenvalue weighted by molar-refractivity contribution is 6.07. The lowest BCUT2D eigenvalue weighted by Crippen LogP contribution is -2.17. The van der Waals surface area contributed by atoms with Gasteiger partial charge in [-0.25, -0.2) is 4.39 Å². The summed E-state index contributed by atoms with van der Waals surface area (Å²) in [5, 5.41) is 2.50. The molecule has 2 heterocycles. The molecule has 1 amide bonds. The molecule has 3 aromatic rings. The van der Waals surface area contributed by atoms with Gasteiger partial charge in [0, 0.05) is 24.9 Å². The summed E-state index contributed by atoms with van der Waals surface area (Å²) in [7, 11) is 1.18. The van der Waals surface area contributed by atoms with E-state index in [0.717, 1.165) is 30.6 Å². The lowest BCUT2D eigenvalue weighted by atomic mass is 10.1. The van der Waals surface area contributed by atoms with Crippen molar-refractivity contribution in [3.05, 3.63) is 65.5 Å². The maximum absolute atomic E-state index is 14.6. The zero-order valence-corrected chi connectivity index (χ0v) is 18.0. The summed E-state index contributed by atoms with van der Waals surface area (Å²) in [4.78, 5) is 32.1. The zero-order valence-electron chi connectivity index (χ0n) is 18.0. The topological polar surface area (TPSA) is 99.6 Å². The average Bonchev–Trinajstić information content (AvgIpc) is 2.75. The largest absolute Gasteiger partial charge is 0.573 e. The number of nitrogens with one attached hydrogen (secondary N) is 1. The number of rotatable bonds is 7. The van der Waals surface area contributed by atoms with Crippen molar-refractivity contribution in [3.63, 3.8) is 0 Å². The van der Waals surface area contributed by atoms with Crippen LogP contribution in [-0.2, 0) is 0 Å². The number of Topliss-reactive ketones (excluding diaryl/α,β-unsaturated/α-hetero) is 1. The molecule has 0 atom stereocenters. The van der Waals surface area contributed by atoms with Crippen molar-refractivity contribution in [2.45, 2.75) is 20.2 Å². The van der Waals surface area contributed by atoms with E-state index in [2.05, 4.69) is 20.0 Å². The van der Waals surface area contributed by atoms with E-state index < -0.39 is 29.4 Å². The second-order valence-electron chi connectivity index (χ2n) is 6.85. The molecule has 0 bridgehead atoms. The molecule has 0 radical (unpaired) electrons. The third kappa shape index (κ3) is 5.77. The third-order valence-electron chi connectivity index (χ3n) is 4.39. The van der Waals surface area contributed by atoms with Gasteiger partial charge in [-0.2, -0.15) is 0 Å². The molecule has 0 spiro atoms. The summed E-state index contributed by atoms with van der Waals surface area (Å²) in [5.41, 5.74) is 0.294. The molecule has 2 aromatic heterocycles. The minimum Gasteiger partial charge on any atom is -0.493 e. The van der Waals surface area contributed by atoms with Crippen molar-refractivity contribution >= 4 is 17.4 Å². The Morgan fingerprint density at radius 2 is 1.76 bits per heavy atom. The highest BCUT2D eigenvalue weighted by atomic mass is 19.4. The molecule has 0 fully saturated rings. The van der Waals surface area contributed by atoms with E-state index in [-0.39, 0.29) is 34.4 Å². The molecule has 0 saturated carbocycles. The van der Waals surface area contributed by atoms with E-state index in [9.17, 15) is 27.2 Å². The van der Waals surface area contributed by atoms with Crippen molar-refractivity contribution in [1.82, 2.24) is 9.97 Å². The highest BCUT2D eigenvalue weighted by Gasteiger charge is 2.31. The Hall–Kier alpha value is -4.22. The Labute approximate surface area is 190 Å². The van der Waals surface area contributed by atoms with E-state index in [1.807, 2.05) is 0 Å². The van der Waals surface area contributed by atoms with E-state index in [1.165, 1.54) is 26.3 Å². The zero-order chi connectivity index (χ0) is 25.0. The van der Waals surface area contributed by atoms with Gasteiger partial charge < -0.3 is 19.5 Å². The number of carbonyl (C=O) groups is 2. The van der Waals surface area contributed by atoms with Gasteiger partial charge in [0.1, 0.15) is 17.0 Å². The Balaban J connectivity index is 1.93. The first kappa shape index (κ1) is 24.4. The van der Waals surface area contributed by atoms with Gasteiger partial charge in [0.2, 0.25) is 0 Å². The second kappa shape index (κ2) is 9.73. The van der Waals surface area contributed by atoms with Gasteiger partial charge in [-0.1, -0.05) is 0 Å². The number of ketones is 1. The molecule has 8 nitrogen and oxygen atoms in total. The lowest BCUT2D eigenvalue weighted by Gasteiger charge is -2.16. The molecular weight excluding hydrogens is 462 g/mol. The maximum Gasteiger partial charge on any atom is 0.573 e. The molecule has 0 aliphatic carbocycles. The number of hydrogen-bond acceptors (Lipinski definition) is 7. The number of carbonyl (C=O) groups excluding carboxylic acids is 2. The van der Waals surface area contributed by atoms with Crippen molar-refractivity contribution < 1.29 is 41.4 Å². The van der Waals surface area contributed by atoms with Crippen LogP contribution < -0.4 is 19.5 Å². The number of aromatic nitrogens is 2. The molecule has 1 aromatic carbocycles. The van der Waals surface area contributed by atoms with E-state index in [0.29, 0.717) is 5.56 Å². The number of alkyl halides is 3. The quantitative estimate of drug-likeness (QED) is 0.373. The highest BCUT2D eigenvalue weighted by Crippen LogP contribution is 2.37. The minimum absolute atomic E-state index is 0.0958. The molecule has 0 aliphatic heterocycles. The van der Waals surface area contributed by atoms with Crippen LogP contribution in [0.25, 0.3) is 0 Å². The number of aryl methyl sites for hydroxylation is 1. The van der Waals surface area contributed by atoms with Gasteiger partial charge in [-0.05, 0) is 30.7 Å². The molecule has 12 heteroatoms. The van der Waals surface area contributed by atoms with Gasteiger partial charge in [0.15, 0.2) is 28.8 Å². The summed E-state index contributed by atoms with van der Waals surface area (Å²) >= 11 is 0. The lowest BCUT2D eigenvalue weighted by molar-refractivity contribution is -0.274. The van der Waals surface area contributed by atoms with Gasteiger partial charge in [0.25, 0.3) is 5.91 Å². The molecule has 0 unspecified atom stereocenters. The minimum atomic E-state index is -4.92. The smallest absolute Gasteiger partial charge is 0.493 e. The average molecular weight is 479 g/mol. The number of ether oxygens (including phenoxy) is 3. The van der Waals surface area contributed by atoms with E-state index in [4.69, 9.17) is 9.47 Å². The number of pyridine rings is 2. The van der Waals surface area contributed by atoms with Crippen molar-refractivity contribution in [3.8, 4) is 23.0 Å². The van der Waals surface area contributed by atoms with E-state index in [1.54, 1.807) is 6.92 Å². The number of methoxy groups -OCH3 is 1.